The van der Waals surface area contributed by atoms with Crippen molar-refractivity contribution in [3.8, 4) is 0 Å². The molecule has 2 aliphatic carbocycles. The van der Waals surface area contributed by atoms with Gasteiger partial charge < -0.3 is 19.4 Å². The van der Waals surface area contributed by atoms with Crippen LogP contribution in [0.1, 0.15) is 72.1 Å². The van der Waals surface area contributed by atoms with Gasteiger partial charge in [0.25, 0.3) is 0 Å². The minimum atomic E-state index is -0.135. The van der Waals surface area contributed by atoms with Crippen LogP contribution in [0.2, 0.25) is 0 Å². The summed E-state index contributed by atoms with van der Waals surface area (Å²) in [4.78, 5) is 31.3. The van der Waals surface area contributed by atoms with Crippen molar-refractivity contribution in [2.24, 2.45) is 11.3 Å². The highest BCUT2D eigenvalue weighted by Crippen LogP contribution is 2.51. The number of carbonyl (C=O) groups is 2. The van der Waals surface area contributed by atoms with Crippen LogP contribution in [0.3, 0.4) is 0 Å². The number of hydrogen-bond acceptors (Lipinski definition) is 4. The van der Waals surface area contributed by atoms with E-state index in [9.17, 15) is 9.59 Å². The molecule has 0 aromatic rings. The minimum Gasteiger partial charge on any atom is -0.450 e. The molecular weight excluding hydrogens is 366 g/mol. The second kappa shape index (κ2) is 8.44. The van der Waals surface area contributed by atoms with Crippen LogP contribution in [0.4, 0.5) is 4.79 Å². The molecule has 29 heavy (non-hydrogen) atoms. The molecule has 2 saturated heterocycles. The average Bonchev–Trinajstić information content (AvgIpc) is 3.42. The Kier molecular flexibility index (Phi) is 6.10. The topological polar surface area (TPSA) is 53.1 Å². The van der Waals surface area contributed by atoms with Gasteiger partial charge in [0.05, 0.1) is 6.61 Å². The second-order valence-electron chi connectivity index (χ2n) is 9.93. The smallest absolute Gasteiger partial charge is 0.409 e. The van der Waals surface area contributed by atoms with Gasteiger partial charge in [-0.15, -0.1) is 0 Å². The number of likely N-dealkylation sites (tertiary alicyclic amines) is 2. The summed E-state index contributed by atoms with van der Waals surface area (Å²) in [6, 6.07) is 1.59. The number of amides is 2. The van der Waals surface area contributed by atoms with Crippen LogP contribution in [0.25, 0.3) is 0 Å². The van der Waals surface area contributed by atoms with Crippen LogP contribution in [-0.4, -0.2) is 77.6 Å². The molecule has 2 saturated carbocycles. The molecule has 164 valence electrons. The molecule has 0 aromatic heterocycles. The van der Waals surface area contributed by atoms with E-state index in [-0.39, 0.29) is 6.09 Å². The first-order chi connectivity index (χ1) is 14.0. The molecule has 4 rings (SSSR count). The zero-order valence-corrected chi connectivity index (χ0v) is 18.6. The number of carbonyl (C=O) groups excluding carboxylic acids is 2. The second-order valence-corrected chi connectivity index (χ2v) is 9.93. The summed E-state index contributed by atoms with van der Waals surface area (Å²) in [7, 11) is 0. The molecule has 1 atom stereocenters. The van der Waals surface area contributed by atoms with Crippen molar-refractivity contribution in [2.45, 2.75) is 90.3 Å². The first kappa shape index (κ1) is 21.0. The Morgan fingerprint density at radius 2 is 1.79 bits per heavy atom. The van der Waals surface area contributed by atoms with E-state index >= 15 is 0 Å². The first-order valence-electron chi connectivity index (χ1n) is 11.9. The van der Waals surface area contributed by atoms with Crippen molar-refractivity contribution in [3.63, 3.8) is 0 Å². The van der Waals surface area contributed by atoms with E-state index in [4.69, 9.17) is 4.74 Å². The van der Waals surface area contributed by atoms with E-state index in [0.29, 0.717) is 48.4 Å². The molecule has 2 heterocycles. The monoisotopic (exact) mass is 405 g/mol. The minimum absolute atomic E-state index is 0.135. The fourth-order valence-corrected chi connectivity index (χ4v) is 6.13. The zero-order valence-electron chi connectivity index (χ0n) is 18.6. The number of hydrogen-bond donors (Lipinski definition) is 0. The molecule has 0 radical (unpaired) electrons. The zero-order chi connectivity index (χ0) is 20.6. The van der Waals surface area contributed by atoms with Gasteiger partial charge in [-0.1, -0.05) is 6.92 Å². The van der Waals surface area contributed by atoms with E-state index in [1.807, 2.05) is 18.7 Å². The third-order valence-electron chi connectivity index (χ3n) is 8.04. The van der Waals surface area contributed by atoms with E-state index in [1.165, 1.54) is 38.5 Å². The van der Waals surface area contributed by atoms with E-state index in [1.54, 1.807) is 0 Å². The van der Waals surface area contributed by atoms with Crippen molar-refractivity contribution >= 4 is 12.0 Å². The molecule has 4 aliphatic rings. The van der Waals surface area contributed by atoms with Gasteiger partial charge in [0.2, 0.25) is 5.91 Å². The molecule has 1 unspecified atom stereocenters. The van der Waals surface area contributed by atoms with Gasteiger partial charge in [0.1, 0.15) is 0 Å². The lowest BCUT2D eigenvalue weighted by molar-refractivity contribution is -0.135. The van der Waals surface area contributed by atoms with Gasteiger partial charge in [0, 0.05) is 37.6 Å². The predicted octanol–water partition coefficient (Wildman–Crippen LogP) is 3.50. The summed E-state index contributed by atoms with van der Waals surface area (Å²) in [6.45, 7) is 10.7. The van der Waals surface area contributed by atoms with Crippen LogP contribution >= 0.6 is 0 Å². The molecule has 1 spiro atoms. The summed E-state index contributed by atoms with van der Waals surface area (Å²) in [5.41, 5.74) is 0.345. The summed E-state index contributed by atoms with van der Waals surface area (Å²) in [5, 5.41) is 0. The van der Waals surface area contributed by atoms with Crippen molar-refractivity contribution < 1.29 is 14.3 Å². The standard InChI is InChI=1S/C23H39N3O3/c1-4-21(27)26(19-6-7-19)17(3)18-8-11-24(12-9-18)20-14-23(15-20)10-13-25(16-23)22(28)29-5-2/h17-20H,4-16H2,1-3H3. The van der Waals surface area contributed by atoms with Crippen LogP contribution in [0.5, 0.6) is 0 Å². The molecule has 0 N–H and O–H groups in total. The molecule has 6 nitrogen and oxygen atoms in total. The maximum Gasteiger partial charge on any atom is 0.409 e. The van der Waals surface area contributed by atoms with Gasteiger partial charge in [-0.05, 0) is 83.2 Å². The lowest BCUT2D eigenvalue weighted by atomic mass is 9.64. The average molecular weight is 406 g/mol. The highest BCUT2D eigenvalue weighted by atomic mass is 16.6. The molecule has 2 amide bonds. The van der Waals surface area contributed by atoms with Gasteiger partial charge in [-0.25, -0.2) is 4.79 Å². The first-order valence-corrected chi connectivity index (χ1v) is 11.9. The molecule has 2 aliphatic heterocycles. The highest BCUT2D eigenvalue weighted by molar-refractivity contribution is 5.76. The summed E-state index contributed by atoms with van der Waals surface area (Å²) >= 11 is 0. The van der Waals surface area contributed by atoms with E-state index in [0.717, 1.165) is 32.6 Å². The van der Waals surface area contributed by atoms with Crippen molar-refractivity contribution in [1.29, 1.82) is 0 Å². The number of nitrogens with zero attached hydrogens (tertiary/aromatic N) is 3. The van der Waals surface area contributed by atoms with Crippen molar-refractivity contribution in [3.05, 3.63) is 0 Å². The lowest BCUT2D eigenvalue weighted by Crippen LogP contribution is -2.55. The van der Waals surface area contributed by atoms with Crippen LogP contribution in [0.15, 0.2) is 0 Å². The van der Waals surface area contributed by atoms with Gasteiger partial charge >= 0.3 is 6.09 Å². The summed E-state index contributed by atoms with van der Waals surface area (Å²) in [5.74, 6) is 0.984. The molecule has 4 fully saturated rings. The summed E-state index contributed by atoms with van der Waals surface area (Å²) < 4.78 is 5.18. The Morgan fingerprint density at radius 1 is 1.10 bits per heavy atom. The predicted molar refractivity (Wildman–Crippen MR) is 113 cm³/mol. The third kappa shape index (κ3) is 4.28. The fraction of sp³-hybridized carbons (Fsp3) is 0.913. The van der Waals surface area contributed by atoms with Crippen molar-refractivity contribution in [1.82, 2.24) is 14.7 Å². The molecular formula is C23H39N3O3. The van der Waals surface area contributed by atoms with Gasteiger partial charge in [0.15, 0.2) is 0 Å². The van der Waals surface area contributed by atoms with Crippen molar-refractivity contribution in [2.75, 3.05) is 32.8 Å². The normalized spacial score (nSPS) is 31.6. The number of rotatable bonds is 6. The summed E-state index contributed by atoms with van der Waals surface area (Å²) in [6.07, 6.45) is 8.89. The lowest BCUT2D eigenvalue weighted by Gasteiger charge is -2.52. The van der Waals surface area contributed by atoms with Crippen LogP contribution < -0.4 is 0 Å². The van der Waals surface area contributed by atoms with Crippen LogP contribution in [0, 0.1) is 11.3 Å². The number of ether oxygens (including phenoxy) is 1. The fourth-order valence-electron chi connectivity index (χ4n) is 6.13. The molecule has 0 aromatic carbocycles. The Hall–Kier alpha value is -1.30. The molecule has 6 heteroatoms. The van der Waals surface area contributed by atoms with E-state index in [2.05, 4.69) is 16.7 Å². The van der Waals surface area contributed by atoms with Gasteiger partial charge in [-0.2, -0.15) is 0 Å². The number of piperidine rings is 1. The maximum absolute atomic E-state index is 12.4. The largest absolute Gasteiger partial charge is 0.450 e. The Labute approximate surface area is 175 Å². The van der Waals surface area contributed by atoms with Crippen LogP contribution in [-0.2, 0) is 9.53 Å². The SMILES string of the molecule is CCOC(=O)N1CCC2(CC(N3CCC(C(C)N(C(=O)CC)C4CC4)CC3)C2)C1. The molecule has 0 bridgehead atoms. The third-order valence-corrected chi connectivity index (χ3v) is 8.04. The van der Waals surface area contributed by atoms with Gasteiger partial charge in [-0.3, -0.25) is 4.79 Å². The Balaban J connectivity index is 1.23. The maximum atomic E-state index is 12.4. The quantitative estimate of drug-likeness (QED) is 0.679. The Bertz CT molecular complexity index is 606. The highest BCUT2D eigenvalue weighted by Gasteiger charge is 2.51. The van der Waals surface area contributed by atoms with E-state index < -0.39 is 0 Å². The Morgan fingerprint density at radius 3 is 2.38 bits per heavy atom.